The fourth-order valence-electron chi connectivity index (χ4n) is 2.79. The second-order valence-corrected chi connectivity index (χ2v) is 7.85. The van der Waals surface area contributed by atoms with Gasteiger partial charge < -0.3 is 5.32 Å². The lowest BCUT2D eigenvalue weighted by atomic mass is 10.2. The van der Waals surface area contributed by atoms with Gasteiger partial charge in [0.15, 0.2) is 5.16 Å². The van der Waals surface area contributed by atoms with Gasteiger partial charge in [-0.05, 0) is 44.0 Å². The van der Waals surface area contributed by atoms with E-state index in [2.05, 4.69) is 10.3 Å². The maximum Gasteiger partial charge on any atom is 0.266 e. The second-order valence-electron chi connectivity index (χ2n) is 6.55. The largest absolute Gasteiger partial charge is 0.352 e. The lowest BCUT2D eigenvalue weighted by Gasteiger charge is -2.16. The van der Waals surface area contributed by atoms with E-state index >= 15 is 0 Å². The van der Waals surface area contributed by atoms with Gasteiger partial charge >= 0.3 is 0 Å². The van der Waals surface area contributed by atoms with Gasteiger partial charge in [0.2, 0.25) is 5.91 Å². The maximum absolute atomic E-state index is 14.4. The molecule has 1 aromatic heterocycles. The Bertz CT molecular complexity index is 1080. The standard InChI is InChI=1S/C20H18FN3O2S/c1-12(18(25)22-13-10-11-13)27-20-23-16-8-4-2-6-14(16)19(26)24(20)17-9-5-3-7-15(17)21/h2-9,12-13H,10-11H2,1H3,(H,22,25)/t12-/m0/s1. The normalized spacial score (nSPS) is 14.9. The number of fused-ring (bicyclic) bond motifs is 1. The molecule has 0 aliphatic heterocycles. The molecule has 5 nitrogen and oxygen atoms in total. The molecule has 27 heavy (non-hydrogen) atoms. The van der Waals surface area contributed by atoms with Crippen LogP contribution in [-0.4, -0.2) is 26.8 Å². The first-order valence-electron chi connectivity index (χ1n) is 8.78. The van der Waals surface area contributed by atoms with Crippen molar-refractivity contribution in [1.82, 2.24) is 14.9 Å². The summed E-state index contributed by atoms with van der Waals surface area (Å²) in [6.07, 6.45) is 1.99. The summed E-state index contributed by atoms with van der Waals surface area (Å²) in [5.41, 5.74) is 0.286. The summed E-state index contributed by atoms with van der Waals surface area (Å²) in [6, 6.07) is 13.3. The lowest BCUT2D eigenvalue weighted by molar-refractivity contribution is -0.120. The van der Waals surface area contributed by atoms with E-state index in [-0.39, 0.29) is 23.2 Å². The van der Waals surface area contributed by atoms with E-state index in [0.29, 0.717) is 16.1 Å². The molecule has 0 bridgehead atoms. The minimum absolute atomic E-state index is 0.106. The molecular formula is C20H18FN3O2S. The Morgan fingerprint density at radius 2 is 1.93 bits per heavy atom. The fraction of sp³-hybridized carbons (Fsp3) is 0.250. The van der Waals surface area contributed by atoms with Gasteiger partial charge in [-0.25, -0.2) is 9.37 Å². The van der Waals surface area contributed by atoms with Gasteiger partial charge in [0.05, 0.1) is 21.8 Å². The van der Waals surface area contributed by atoms with Crippen molar-refractivity contribution in [2.75, 3.05) is 0 Å². The van der Waals surface area contributed by atoms with Crippen LogP contribution in [0.15, 0.2) is 58.5 Å². The first-order valence-corrected chi connectivity index (χ1v) is 9.66. The number of hydrogen-bond acceptors (Lipinski definition) is 4. The third-order valence-electron chi connectivity index (χ3n) is 4.41. The van der Waals surface area contributed by atoms with Crippen molar-refractivity contribution in [3.8, 4) is 5.69 Å². The quantitative estimate of drug-likeness (QED) is 0.542. The molecule has 1 atom stereocenters. The molecule has 1 saturated carbocycles. The van der Waals surface area contributed by atoms with Crippen LogP contribution in [0, 0.1) is 5.82 Å². The summed E-state index contributed by atoms with van der Waals surface area (Å²) < 4.78 is 15.7. The van der Waals surface area contributed by atoms with E-state index in [9.17, 15) is 14.0 Å². The van der Waals surface area contributed by atoms with E-state index in [1.807, 2.05) is 0 Å². The van der Waals surface area contributed by atoms with Crippen LogP contribution in [0.2, 0.25) is 0 Å². The number of nitrogens with one attached hydrogen (secondary N) is 1. The van der Waals surface area contributed by atoms with Crippen molar-refractivity contribution >= 4 is 28.6 Å². The summed E-state index contributed by atoms with van der Waals surface area (Å²) in [5, 5.41) is 3.18. The van der Waals surface area contributed by atoms with Crippen molar-refractivity contribution in [3.05, 3.63) is 64.7 Å². The molecule has 0 radical (unpaired) electrons. The number of carbonyl (C=O) groups excluding carboxylic acids is 1. The number of thioether (sulfide) groups is 1. The van der Waals surface area contributed by atoms with E-state index in [1.54, 1.807) is 43.3 Å². The Labute approximate surface area is 159 Å². The molecular weight excluding hydrogens is 365 g/mol. The van der Waals surface area contributed by atoms with Crippen LogP contribution in [0.1, 0.15) is 19.8 Å². The highest BCUT2D eigenvalue weighted by molar-refractivity contribution is 8.00. The number of para-hydroxylation sites is 2. The van der Waals surface area contributed by atoms with Crippen molar-refractivity contribution in [2.45, 2.75) is 36.2 Å². The third-order valence-corrected chi connectivity index (χ3v) is 5.47. The van der Waals surface area contributed by atoms with Crippen molar-refractivity contribution in [3.63, 3.8) is 0 Å². The molecule has 0 spiro atoms. The van der Waals surface area contributed by atoms with Crippen LogP contribution >= 0.6 is 11.8 Å². The minimum atomic E-state index is -0.520. The summed E-state index contributed by atoms with van der Waals surface area (Å²) >= 11 is 1.15. The van der Waals surface area contributed by atoms with Crippen LogP contribution in [0.25, 0.3) is 16.6 Å². The Kier molecular flexibility index (Phi) is 4.70. The lowest BCUT2D eigenvalue weighted by Crippen LogP contribution is -2.33. The average molecular weight is 383 g/mol. The van der Waals surface area contributed by atoms with Gasteiger partial charge in [-0.2, -0.15) is 0 Å². The van der Waals surface area contributed by atoms with Crippen molar-refractivity contribution in [2.24, 2.45) is 0 Å². The van der Waals surface area contributed by atoms with Gasteiger partial charge in [0.25, 0.3) is 5.56 Å². The summed E-state index contributed by atoms with van der Waals surface area (Å²) in [4.78, 5) is 30.0. The zero-order valence-corrected chi connectivity index (χ0v) is 15.5. The molecule has 0 unspecified atom stereocenters. The average Bonchev–Trinajstić information content (AvgIpc) is 3.47. The van der Waals surface area contributed by atoms with Crippen LogP contribution in [0.5, 0.6) is 0 Å². The van der Waals surface area contributed by atoms with Crippen molar-refractivity contribution in [1.29, 1.82) is 0 Å². The van der Waals surface area contributed by atoms with Gasteiger partial charge in [0, 0.05) is 6.04 Å². The molecule has 1 fully saturated rings. The Hall–Kier alpha value is -2.67. The summed E-state index contributed by atoms with van der Waals surface area (Å²) in [6.45, 7) is 1.76. The van der Waals surface area contributed by atoms with Gasteiger partial charge in [0.1, 0.15) is 5.82 Å². The van der Waals surface area contributed by atoms with E-state index in [4.69, 9.17) is 0 Å². The third kappa shape index (κ3) is 3.60. The predicted octanol–water partition coefficient (Wildman–Crippen LogP) is 3.28. The van der Waals surface area contributed by atoms with Crippen LogP contribution < -0.4 is 10.9 Å². The highest BCUT2D eigenvalue weighted by Gasteiger charge is 2.27. The zero-order chi connectivity index (χ0) is 19.0. The molecule has 1 aliphatic rings. The molecule has 4 rings (SSSR count). The SMILES string of the molecule is C[C@H](Sc1nc2ccccc2c(=O)n1-c1ccccc1F)C(=O)NC1CC1. The molecule has 7 heteroatoms. The monoisotopic (exact) mass is 383 g/mol. The van der Waals surface area contributed by atoms with E-state index in [0.717, 1.165) is 24.6 Å². The summed E-state index contributed by atoms with van der Waals surface area (Å²) in [7, 11) is 0. The fourth-order valence-corrected chi connectivity index (χ4v) is 3.72. The number of rotatable bonds is 5. The maximum atomic E-state index is 14.4. The Morgan fingerprint density at radius 3 is 2.67 bits per heavy atom. The van der Waals surface area contributed by atoms with Crippen LogP contribution in [0.3, 0.4) is 0 Å². The second kappa shape index (κ2) is 7.15. The van der Waals surface area contributed by atoms with Crippen LogP contribution in [-0.2, 0) is 4.79 Å². The van der Waals surface area contributed by atoms with Gasteiger partial charge in [-0.1, -0.05) is 36.0 Å². The molecule has 2 aromatic carbocycles. The number of halogens is 1. The number of nitrogens with zero attached hydrogens (tertiary/aromatic N) is 2. The first-order chi connectivity index (χ1) is 13.0. The number of hydrogen-bond donors (Lipinski definition) is 1. The number of benzene rings is 2. The Morgan fingerprint density at radius 1 is 1.22 bits per heavy atom. The molecule has 3 aromatic rings. The van der Waals surface area contributed by atoms with Crippen LogP contribution in [0.4, 0.5) is 4.39 Å². The van der Waals surface area contributed by atoms with E-state index in [1.165, 1.54) is 16.7 Å². The number of aromatic nitrogens is 2. The minimum Gasteiger partial charge on any atom is -0.352 e. The Balaban J connectivity index is 1.82. The van der Waals surface area contributed by atoms with Gasteiger partial charge in [-0.3, -0.25) is 14.2 Å². The molecule has 0 saturated heterocycles. The molecule has 1 aliphatic carbocycles. The zero-order valence-electron chi connectivity index (χ0n) is 14.7. The topological polar surface area (TPSA) is 64.0 Å². The smallest absolute Gasteiger partial charge is 0.266 e. The molecule has 1 N–H and O–H groups in total. The highest BCUT2D eigenvalue weighted by atomic mass is 32.2. The molecule has 1 heterocycles. The molecule has 1 amide bonds. The van der Waals surface area contributed by atoms with Gasteiger partial charge in [-0.15, -0.1) is 0 Å². The predicted molar refractivity (Wildman–Crippen MR) is 104 cm³/mol. The number of amides is 1. The first kappa shape index (κ1) is 17.7. The molecule has 138 valence electrons. The summed E-state index contributed by atoms with van der Waals surface area (Å²) in [5.74, 6) is -0.626. The number of carbonyl (C=O) groups is 1. The van der Waals surface area contributed by atoms with E-state index < -0.39 is 11.1 Å². The highest BCUT2D eigenvalue weighted by Crippen LogP contribution is 2.27. The van der Waals surface area contributed by atoms with Crippen molar-refractivity contribution < 1.29 is 9.18 Å².